The fourth-order valence-corrected chi connectivity index (χ4v) is 2.97. The molecule has 0 spiro atoms. The quantitative estimate of drug-likeness (QED) is 0.907. The van der Waals surface area contributed by atoms with E-state index in [2.05, 4.69) is 56.3 Å². The van der Waals surface area contributed by atoms with Gasteiger partial charge in [0.1, 0.15) is 11.9 Å². The van der Waals surface area contributed by atoms with E-state index in [9.17, 15) is 0 Å². The molecule has 2 heteroatoms. The van der Waals surface area contributed by atoms with Crippen LogP contribution in [0.3, 0.4) is 0 Å². The Bertz CT molecular complexity index is 589. The van der Waals surface area contributed by atoms with Gasteiger partial charge in [0.05, 0.1) is 0 Å². The van der Waals surface area contributed by atoms with Crippen LogP contribution < -0.4 is 10.5 Å². The number of nitrogens with two attached hydrogens (primary N) is 1. The van der Waals surface area contributed by atoms with Gasteiger partial charge < -0.3 is 10.5 Å². The first-order valence-electron chi connectivity index (χ1n) is 7.05. The lowest BCUT2D eigenvalue weighted by molar-refractivity contribution is -0.0552. The normalized spacial score (nSPS) is 30.1. The molecule has 2 nitrogen and oxygen atoms in total. The molecule has 0 aromatic heterocycles. The van der Waals surface area contributed by atoms with Crippen molar-refractivity contribution in [3.05, 3.63) is 42.5 Å². The van der Waals surface area contributed by atoms with Crippen molar-refractivity contribution in [1.82, 2.24) is 0 Å². The van der Waals surface area contributed by atoms with Crippen molar-refractivity contribution in [1.29, 1.82) is 0 Å². The summed E-state index contributed by atoms with van der Waals surface area (Å²) in [4.78, 5) is 0. The fraction of sp³-hybridized carbons (Fsp3) is 0.412. The van der Waals surface area contributed by atoms with E-state index in [0.29, 0.717) is 0 Å². The molecule has 3 rings (SSSR count). The molecule has 0 bridgehead atoms. The number of fused-ring (bicyclic) bond motifs is 1. The van der Waals surface area contributed by atoms with Gasteiger partial charge in [0.2, 0.25) is 0 Å². The molecule has 1 aliphatic rings. The van der Waals surface area contributed by atoms with Crippen LogP contribution in [0.25, 0.3) is 10.8 Å². The topological polar surface area (TPSA) is 35.2 Å². The van der Waals surface area contributed by atoms with E-state index in [-0.39, 0.29) is 17.6 Å². The SMILES string of the molecule is CCC1(C)C(N)CC1Oc1cccc2ccccc12. The Morgan fingerprint density at radius 3 is 2.68 bits per heavy atom. The Labute approximate surface area is 114 Å². The zero-order valence-electron chi connectivity index (χ0n) is 11.6. The summed E-state index contributed by atoms with van der Waals surface area (Å²) in [7, 11) is 0. The molecule has 1 aliphatic carbocycles. The van der Waals surface area contributed by atoms with Gasteiger partial charge in [-0.25, -0.2) is 0 Å². The van der Waals surface area contributed by atoms with Crippen molar-refractivity contribution in [2.45, 2.75) is 38.8 Å². The standard InChI is InChI=1S/C17H21NO/c1-3-17(2)15(18)11-16(17)19-14-10-6-8-12-7-4-5-9-13(12)14/h4-10,15-16H,3,11,18H2,1-2H3. The van der Waals surface area contributed by atoms with Crippen LogP contribution in [-0.2, 0) is 0 Å². The van der Waals surface area contributed by atoms with Gasteiger partial charge in [0, 0.05) is 23.3 Å². The molecular weight excluding hydrogens is 234 g/mol. The molecule has 3 atom stereocenters. The van der Waals surface area contributed by atoms with Gasteiger partial charge in [-0.05, 0) is 17.9 Å². The zero-order valence-corrected chi connectivity index (χ0v) is 11.6. The van der Waals surface area contributed by atoms with Crippen molar-refractivity contribution in [2.24, 2.45) is 11.1 Å². The summed E-state index contributed by atoms with van der Waals surface area (Å²) < 4.78 is 6.26. The van der Waals surface area contributed by atoms with Crippen molar-refractivity contribution in [2.75, 3.05) is 0 Å². The molecule has 0 saturated heterocycles. The molecule has 1 fully saturated rings. The van der Waals surface area contributed by atoms with E-state index in [1.165, 1.54) is 10.8 Å². The van der Waals surface area contributed by atoms with E-state index in [1.807, 2.05) is 0 Å². The third-order valence-electron chi connectivity index (χ3n) is 4.83. The number of rotatable bonds is 3. The molecular formula is C17H21NO. The largest absolute Gasteiger partial charge is 0.489 e. The minimum atomic E-state index is 0.108. The molecule has 1 saturated carbocycles. The van der Waals surface area contributed by atoms with Gasteiger partial charge in [-0.3, -0.25) is 0 Å². The van der Waals surface area contributed by atoms with Crippen molar-refractivity contribution in [3.63, 3.8) is 0 Å². The first-order chi connectivity index (χ1) is 9.15. The van der Waals surface area contributed by atoms with Gasteiger partial charge in [0.25, 0.3) is 0 Å². The smallest absolute Gasteiger partial charge is 0.127 e. The van der Waals surface area contributed by atoms with Crippen molar-refractivity contribution >= 4 is 10.8 Å². The third-order valence-corrected chi connectivity index (χ3v) is 4.83. The van der Waals surface area contributed by atoms with Crippen LogP contribution in [0.1, 0.15) is 26.7 Å². The monoisotopic (exact) mass is 255 g/mol. The predicted octanol–water partition coefficient (Wildman–Crippen LogP) is 3.73. The Balaban J connectivity index is 1.91. The number of ether oxygens (including phenoxy) is 1. The summed E-state index contributed by atoms with van der Waals surface area (Å²) in [5.41, 5.74) is 6.25. The Hall–Kier alpha value is -1.54. The van der Waals surface area contributed by atoms with Crippen LogP contribution >= 0.6 is 0 Å². The highest BCUT2D eigenvalue weighted by molar-refractivity contribution is 5.88. The summed E-state index contributed by atoms with van der Waals surface area (Å²) in [5, 5.41) is 2.41. The Morgan fingerprint density at radius 2 is 1.95 bits per heavy atom. The van der Waals surface area contributed by atoms with E-state index in [4.69, 9.17) is 10.5 Å². The molecule has 2 aromatic rings. The number of hydrogen-bond donors (Lipinski definition) is 1. The first kappa shape index (κ1) is 12.5. The lowest BCUT2D eigenvalue weighted by Gasteiger charge is -2.51. The highest BCUT2D eigenvalue weighted by Crippen LogP contribution is 2.45. The zero-order chi connectivity index (χ0) is 13.5. The second-order valence-corrected chi connectivity index (χ2v) is 5.79. The minimum absolute atomic E-state index is 0.108. The third kappa shape index (κ3) is 1.91. The molecule has 0 amide bonds. The highest BCUT2D eigenvalue weighted by atomic mass is 16.5. The van der Waals surface area contributed by atoms with Gasteiger partial charge in [-0.2, -0.15) is 0 Å². The fourth-order valence-electron chi connectivity index (χ4n) is 2.97. The Morgan fingerprint density at radius 1 is 1.21 bits per heavy atom. The summed E-state index contributed by atoms with van der Waals surface area (Å²) in [5.74, 6) is 0.981. The van der Waals surface area contributed by atoms with E-state index in [0.717, 1.165) is 18.6 Å². The van der Waals surface area contributed by atoms with Crippen LogP contribution in [0.5, 0.6) is 5.75 Å². The Kier molecular flexibility index (Phi) is 2.98. The van der Waals surface area contributed by atoms with Crippen molar-refractivity contribution in [3.8, 4) is 5.75 Å². The molecule has 3 unspecified atom stereocenters. The average Bonchev–Trinajstić information content (AvgIpc) is 2.46. The maximum absolute atomic E-state index is 6.26. The van der Waals surface area contributed by atoms with E-state index < -0.39 is 0 Å². The van der Waals surface area contributed by atoms with Crippen LogP contribution in [-0.4, -0.2) is 12.1 Å². The number of benzene rings is 2. The molecule has 2 N–H and O–H groups in total. The summed E-state index contributed by atoms with van der Waals surface area (Å²) in [6.45, 7) is 4.43. The van der Waals surface area contributed by atoms with Crippen LogP contribution in [0.4, 0.5) is 0 Å². The van der Waals surface area contributed by atoms with Crippen molar-refractivity contribution < 1.29 is 4.74 Å². The second-order valence-electron chi connectivity index (χ2n) is 5.79. The molecule has 2 aromatic carbocycles. The maximum atomic E-state index is 6.26. The van der Waals surface area contributed by atoms with Gasteiger partial charge in [0.15, 0.2) is 0 Å². The first-order valence-corrected chi connectivity index (χ1v) is 7.05. The lowest BCUT2D eigenvalue weighted by atomic mass is 9.62. The van der Waals surface area contributed by atoms with E-state index >= 15 is 0 Å². The van der Waals surface area contributed by atoms with Crippen LogP contribution in [0, 0.1) is 5.41 Å². The van der Waals surface area contributed by atoms with Gasteiger partial charge in [-0.1, -0.05) is 50.2 Å². The second kappa shape index (κ2) is 4.53. The van der Waals surface area contributed by atoms with Gasteiger partial charge in [-0.15, -0.1) is 0 Å². The number of hydrogen-bond acceptors (Lipinski definition) is 2. The molecule has 0 aliphatic heterocycles. The summed E-state index contributed by atoms with van der Waals surface area (Å²) >= 11 is 0. The van der Waals surface area contributed by atoms with Crippen LogP contribution in [0.15, 0.2) is 42.5 Å². The average molecular weight is 255 g/mol. The molecule has 100 valence electrons. The summed E-state index contributed by atoms with van der Waals surface area (Å²) in [6, 6.07) is 14.8. The van der Waals surface area contributed by atoms with Crippen LogP contribution in [0.2, 0.25) is 0 Å². The van der Waals surface area contributed by atoms with E-state index in [1.54, 1.807) is 0 Å². The highest BCUT2D eigenvalue weighted by Gasteiger charge is 2.50. The minimum Gasteiger partial charge on any atom is -0.489 e. The molecule has 19 heavy (non-hydrogen) atoms. The molecule has 0 radical (unpaired) electrons. The lowest BCUT2D eigenvalue weighted by Crippen LogP contribution is -2.61. The summed E-state index contributed by atoms with van der Waals surface area (Å²) in [6.07, 6.45) is 2.25. The van der Waals surface area contributed by atoms with Gasteiger partial charge >= 0.3 is 0 Å². The predicted molar refractivity (Wildman–Crippen MR) is 79.4 cm³/mol. The maximum Gasteiger partial charge on any atom is 0.127 e. The molecule has 0 heterocycles.